The average molecular weight is 251 g/mol. The molecule has 0 saturated carbocycles. The molecule has 1 aromatic heterocycles. The van der Waals surface area contributed by atoms with Crippen molar-refractivity contribution in [2.24, 2.45) is 0 Å². The summed E-state index contributed by atoms with van der Waals surface area (Å²) in [5.74, 6) is 0. The summed E-state index contributed by atoms with van der Waals surface area (Å²) < 4.78 is 37.6. The normalized spacial score (nSPS) is 11.6. The first kappa shape index (κ1) is 12.6. The lowest BCUT2D eigenvalue weighted by Gasteiger charge is -2.08. The van der Waals surface area contributed by atoms with Crippen molar-refractivity contribution >= 4 is 0 Å². The van der Waals surface area contributed by atoms with E-state index >= 15 is 0 Å². The van der Waals surface area contributed by atoms with Gasteiger partial charge in [0.25, 0.3) is 0 Å². The number of alkyl halides is 3. The molecule has 0 saturated heterocycles. The zero-order chi connectivity index (χ0) is 13.2. The molecule has 0 aliphatic carbocycles. The van der Waals surface area contributed by atoms with E-state index in [9.17, 15) is 13.2 Å². The summed E-state index contributed by atoms with van der Waals surface area (Å²) in [5.41, 5.74) is 1.82. The third kappa shape index (κ3) is 3.09. The Kier molecular flexibility index (Phi) is 3.36. The van der Waals surface area contributed by atoms with E-state index in [1.165, 1.54) is 12.1 Å². The van der Waals surface area contributed by atoms with Gasteiger partial charge in [0.1, 0.15) is 0 Å². The predicted molar refractivity (Wildman–Crippen MR) is 63.2 cm³/mol. The molecule has 2 rings (SSSR count). The number of halogens is 3. The molecule has 0 atom stereocenters. The van der Waals surface area contributed by atoms with Crippen molar-refractivity contribution in [3.05, 3.63) is 65.0 Å². The van der Waals surface area contributed by atoms with Crippen molar-refractivity contribution in [2.75, 3.05) is 0 Å². The predicted octanol–water partition coefficient (Wildman–Crippen LogP) is 4.00. The minimum Gasteiger partial charge on any atom is -0.261 e. The molecule has 0 unspecified atom stereocenters. The van der Waals surface area contributed by atoms with Crippen molar-refractivity contribution < 1.29 is 13.2 Å². The van der Waals surface area contributed by atoms with Gasteiger partial charge < -0.3 is 0 Å². The number of rotatable bonds is 2. The van der Waals surface area contributed by atoms with Crippen molar-refractivity contribution in [1.29, 1.82) is 0 Å². The van der Waals surface area contributed by atoms with Gasteiger partial charge in [-0.15, -0.1) is 0 Å². The fraction of sp³-hybridized carbons (Fsp3) is 0.214. The van der Waals surface area contributed by atoms with Gasteiger partial charge in [-0.2, -0.15) is 13.2 Å². The summed E-state index contributed by atoms with van der Waals surface area (Å²) in [5, 5.41) is 0. The van der Waals surface area contributed by atoms with Crippen LogP contribution in [0.1, 0.15) is 22.4 Å². The zero-order valence-electron chi connectivity index (χ0n) is 9.83. The maximum Gasteiger partial charge on any atom is 0.416 e. The molecule has 4 heteroatoms. The second-order valence-corrected chi connectivity index (χ2v) is 4.18. The number of hydrogen-bond acceptors (Lipinski definition) is 1. The monoisotopic (exact) mass is 251 g/mol. The summed E-state index contributed by atoms with van der Waals surface area (Å²) in [6.45, 7) is 1.87. The molecule has 1 nitrogen and oxygen atoms in total. The van der Waals surface area contributed by atoms with E-state index in [2.05, 4.69) is 4.98 Å². The molecule has 0 bridgehead atoms. The van der Waals surface area contributed by atoms with Crippen LogP contribution in [0.15, 0.2) is 42.6 Å². The molecular weight excluding hydrogens is 239 g/mol. The highest BCUT2D eigenvalue weighted by molar-refractivity contribution is 5.30. The van der Waals surface area contributed by atoms with E-state index in [0.717, 1.165) is 17.3 Å². The number of benzene rings is 1. The van der Waals surface area contributed by atoms with E-state index in [4.69, 9.17) is 0 Å². The van der Waals surface area contributed by atoms with Crippen molar-refractivity contribution in [2.45, 2.75) is 19.5 Å². The number of hydrogen-bond donors (Lipinski definition) is 0. The molecule has 18 heavy (non-hydrogen) atoms. The highest BCUT2D eigenvalue weighted by Crippen LogP contribution is 2.29. The molecule has 94 valence electrons. The fourth-order valence-corrected chi connectivity index (χ4v) is 1.70. The van der Waals surface area contributed by atoms with Gasteiger partial charge in [0.2, 0.25) is 0 Å². The molecule has 2 aromatic rings. The third-order valence-corrected chi connectivity index (χ3v) is 2.64. The molecular formula is C14H12F3N. The standard InChI is InChI=1S/C14H12F3N/c1-10-5-6-12(9-18-10)7-11-3-2-4-13(8-11)14(15,16)17/h2-6,8-9H,7H2,1H3. The fourth-order valence-electron chi connectivity index (χ4n) is 1.70. The number of aromatic nitrogens is 1. The molecule has 0 N–H and O–H groups in total. The van der Waals surface area contributed by atoms with Crippen LogP contribution in [0.5, 0.6) is 0 Å². The summed E-state index contributed by atoms with van der Waals surface area (Å²) in [7, 11) is 0. The topological polar surface area (TPSA) is 12.9 Å². The third-order valence-electron chi connectivity index (χ3n) is 2.64. The second kappa shape index (κ2) is 4.80. The molecule has 0 aliphatic rings. The lowest BCUT2D eigenvalue weighted by molar-refractivity contribution is -0.137. The van der Waals surface area contributed by atoms with E-state index in [-0.39, 0.29) is 0 Å². The van der Waals surface area contributed by atoms with Crippen LogP contribution in [-0.2, 0) is 12.6 Å². The van der Waals surface area contributed by atoms with Gasteiger partial charge in [-0.05, 0) is 36.6 Å². The van der Waals surface area contributed by atoms with E-state index < -0.39 is 11.7 Å². The summed E-state index contributed by atoms with van der Waals surface area (Å²) in [4.78, 5) is 4.12. The molecule has 0 radical (unpaired) electrons. The van der Waals surface area contributed by atoms with Gasteiger partial charge >= 0.3 is 6.18 Å². The Bertz CT molecular complexity index is 529. The van der Waals surface area contributed by atoms with Crippen molar-refractivity contribution in [3.8, 4) is 0 Å². The second-order valence-electron chi connectivity index (χ2n) is 4.18. The van der Waals surface area contributed by atoms with Gasteiger partial charge in [-0.1, -0.05) is 24.3 Å². The van der Waals surface area contributed by atoms with E-state index in [1.54, 1.807) is 12.3 Å². The first-order valence-electron chi connectivity index (χ1n) is 5.53. The van der Waals surface area contributed by atoms with Crippen LogP contribution >= 0.6 is 0 Å². The van der Waals surface area contributed by atoms with E-state index in [0.29, 0.717) is 12.0 Å². The Hall–Kier alpha value is -1.84. The number of pyridine rings is 1. The molecule has 0 spiro atoms. The summed E-state index contributed by atoms with van der Waals surface area (Å²) >= 11 is 0. The lowest BCUT2D eigenvalue weighted by Crippen LogP contribution is -2.05. The molecule has 1 heterocycles. The van der Waals surface area contributed by atoms with Crippen LogP contribution in [0, 0.1) is 6.92 Å². The van der Waals surface area contributed by atoms with Gasteiger partial charge in [0.05, 0.1) is 5.56 Å². The largest absolute Gasteiger partial charge is 0.416 e. The van der Waals surface area contributed by atoms with Gasteiger partial charge in [0.15, 0.2) is 0 Å². The van der Waals surface area contributed by atoms with Crippen LogP contribution in [0.4, 0.5) is 13.2 Å². The van der Waals surface area contributed by atoms with Crippen molar-refractivity contribution in [3.63, 3.8) is 0 Å². The first-order valence-corrected chi connectivity index (χ1v) is 5.53. The Morgan fingerprint density at radius 2 is 1.83 bits per heavy atom. The SMILES string of the molecule is Cc1ccc(Cc2cccc(C(F)(F)F)c2)cn1. The minimum atomic E-state index is -4.29. The average Bonchev–Trinajstić information content (AvgIpc) is 2.31. The maximum atomic E-state index is 12.5. The summed E-state index contributed by atoms with van der Waals surface area (Å²) in [6, 6.07) is 9.11. The highest BCUT2D eigenvalue weighted by Gasteiger charge is 2.30. The van der Waals surface area contributed by atoms with Crippen LogP contribution in [0.3, 0.4) is 0 Å². The minimum absolute atomic E-state index is 0.456. The molecule has 0 amide bonds. The van der Waals surface area contributed by atoms with Crippen LogP contribution in [0.25, 0.3) is 0 Å². The van der Waals surface area contributed by atoms with Crippen LogP contribution in [-0.4, -0.2) is 4.98 Å². The smallest absolute Gasteiger partial charge is 0.261 e. The quantitative estimate of drug-likeness (QED) is 0.786. The molecule has 0 aliphatic heterocycles. The highest BCUT2D eigenvalue weighted by atomic mass is 19.4. The molecule has 0 fully saturated rings. The number of nitrogens with zero attached hydrogens (tertiary/aromatic N) is 1. The van der Waals surface area contributed by atoms with Gasteiger partial charge in [0, 0.05) is 11.9 Å². The van der Waals surface area contributed by atoms with Gasteiger partial charge in [-0.3, -0.25) is 4.98 Å². The van der Waals surface area contributed by atoms with E-state index in [1.807, 2.05) is 19.1 Å². The van der Waals surface area contributed by atoms with Gasteiger partial charge in [-0.25, -0.2) is 0 Å². The Labute approximate surface area is 103 Å². The Morgan fingerprint density at radius 1 is 1.06 bits per heavy atom. The molecule has 1 aromatic carbocycles. The Balaban J connectivity index is 2.22. The maximum absolute atomic E-state index is 12.5. The lowest BCUT2D eigenvalue weighted by atomic mass is 10.0. The Morgan fingerprint density at radius 3 is 2.44 bits per heavy atom. The first-order chi connectivity index (χ1) is 8.45. The summed E-state index contributed by atoms with van der Waals surface area (Å²) in [6.07, 6.45) is -2.14. The zero-order valence-corrected chi connectivity index (χ0v) is 9.83. The number of aryl methyl sites for hydroxylation is 1. The van der Waals surface area contributed by atoms with Crippen LogP contribution in [0.2, 0.25) is 0 Å². The van der Waals surface area contributed by atoms with Crippen LogP contribution < -0.4 is 0 Å². The van der Waals surface area contributed by atoms with Crippen molar-refractivity contribution in [1.82, 2.24) is 4.98 Å².